The van der Waals surface area contributed by atoms with Crippen LogP contribution in [0.1, 0.15) is 49.7 Å². The Balaban J connectivity index is 2.94. The first-order valence-electron chi connectivity index (χ1n) is 6.30. The number of hydrogen-bond acceptors (Lipinski definition) is 4. The van der Waals surface area contributed by atoms with Crippen molar-refractivity contribution in [1.29, 1.82) is 0 Å². The molecule has 0 aliphatic rings. The molecule has 98 valence electrons. The van der Waals surface area contributed by atoms with E-state index in [9.17, 15) is 0 Å². The molecule has 0 unspecified atom stereocenters. The molecule has 17 heavy (non-hydrogen) atoms. The average Bonchev–Trinajstić information content (AvgIpc) is 2.71. The summed E-state index contributed by atoms with van der Waals surface area (Å²) in [5.41, 5.74) is 0.955. The molecule has 1 heterocycles. The van der Waals surface area contributed by atoms with Gasteiger partial charge in [0, 0.05) is 18.5 Å². The molecule has 0 aliphatic heterocycles. The second-order valence-corrected chi connectivity index (χ2v) is 5.72. The fraction of sp³-hybridized carbons (Fsp3) is 0.769. The quantitative estimate of drug-likeness (QED) is 0.814. The van der Waals surface area contributed by atoms with E-state index in [1.165, 1.54) is 10.6 Å². The third kappa shape index (κ3) is 3.76. The van der Waals surface area contributed by atoms with E-state index in [-0.39, 0.29) is 5.60 Å². The van der Waals surface area contributed by atoms with Crippen LogP contribution in [-0.2, 0) is 23.3 Å². The van der Waals surface area contributed by atoms with Crippen LogP contribution >= 0.6 is 11.3 Å². The van der Waals surface area contributed by atoms with Gasteiger partial charge < -0.3 is 10.1 Å². The van der Waals surface area contributed by atoms with Gasteiger partial charge >= 0.3 is 0 Å². The van der Waals surface area contributed by atoms with Gasteiger partial charge in [-0.1, -0.05) is 20.3 Å². The van der Waals surface area contributed by atoms with Crippen molar-refractivity contribution in [3.05, 3.63) is 15.6 Å². The van der Waals surface area contributed by atoms with Crippen molar-refractivity contribution in [2.45, 2.75) is 52.7 Å². The molecular formula is C13H24N2OS. The molecule has 4 heteroatoms. The lowest BCUT2D eigenvalue weighted by atomic mass is 10.1. The first-order valence-corrected chi connectivity index (χ1v) is 7.11. The molecule has 0 spiro atoms. The van der Waals surface area contributed by atoms with E-state index in [0.29, 0.717) is 0 Å². The lowest BCUT2D eigenvalue weighted by Gasteiger charge is -2.19. The highest BCUT2D eigenvalue weighted by Gasteiger charge is 2.25. The first-order chi connectivity index (χ1) is 8.05. The van der Waals surface area contributed by atoms with Crippen molar-refractivity contribution >= 4 is 11.3 Å². The highest BCUT2D eigenvalue weighted by atomic mass is 32.1. The minimum absolute atomic E-state index is 0.280. The van der Waals surface area contributed by atoms with Gasteiger partial charge in [0.1, 0.15) is 10.6 Å². The standard InChI is InChI=1S/C13H24N2OS/c1-6-8-10-11(9-14-7-2)17-12(15-10)13(3,4)16-5/h14H,6-9H2,1-5H3. The highest BCUT2D eigenvalue weighted by Crippen LogP contribution is 2.30. The number of aryl methyl sites for hydroxylation is 1. The van der Waals surface area contributed by atoms with E-state index in [2.05, 4.69) is 33.0 Å². The predicted octanol–water partition coefficient (Wildman–Crippen LogP) is 3.09. The van der Waals surface area contributed by atoms with Gasteiger partial charge in [0.25, 0.3) is 0 Å². The third-order valence-corrected chi connectivity index (χ3v) is 4.23. The Kier molecular flexibility index (Phi) is 5.56. The van der Waals surface area contributed by atoms with E-state index in [1.807, 2.05) is 0 Å². The molecule has 0 saturated carbocycles. The topological polar surface area (TPSA) is 34.1 Å². The van der Waals surface area contributed by atoms with Gasteiger partial charge in [0.2, 0.25) is 0 Å². The Morgan fingerprint density at radius 1 is 1.35 bits per heavy atom. The number of nitrogens with zero attached hydrogens (tertiary/aromatic N) is 1. The van der Waals surface area contributed by atoms with Gasteiger partial charge in [-0.3, -0.25) is 0 Å². The van der Waals surface area contributed by atoms with Crippen molar-refractivity contribution in [3.63, 3.8) is 0 Å². The normalized spacial score (nSPS) is 12.1. The molecule has 1 aromatic rings. The molecule has 0 aliphatic carbocycles. The lowest BCUT2D eigenvalue weighted by Crippen LogP contribution is -2.19. The Morgan fingerprint density at radius 3 is 2.59 bits per heavy atom. The molecule has 0 radical (unpaired) electrons. The monoisotopic (exact) mass is 256 g/mol. The maximum Gasteiger partial charge on any atom is 0.125 e. The van der Waals surface area contributed by atoms with Crippen molar-refractivity contribution in [3.8, 4) is 0 Å². The van der Waals surface area contributed by atoms with E-state index < -0.39 is 0 Å². The summed E-state index contributed by atoms with van der Waals surface area (Å²) in [6, 6.07) is 0. The number of rotatable bonds is 7. The Morgan fingerprint density at radius 2 is 2.06 bits per heavy atom. The second kappa shape index (κ2) is 6.47. The highest BCUT2D eigenvalue weighted by molar-refractivity contribution is 7.11. The van der Waals surface area contributed by atoms with Crippen LogP contribution in [0.4, 0.5) is 0 Å². The molecular weight excluding hydrogens is 232 g/mol. The number of aromatic nitrogens is 1. The van der Waals surface area contributed by atoms with Crippen LogP contribution in [0.2, 0.25) is 0 Å². The number of ether oxygens (including phenoxy) is 1. The van der Waals surface area contributed by atoms with Crippen LogP contribution in [-0.4, -0.2) is 18.6 Å². The first kappa shape index (κ1) is 14.6. The van der Waals surface area contributed by atoms with E-state index >= 15 is 0 Å². The molecule has 1 N–H and O–H groups in total. The molecule has 3 nitrogen and oxygen atoms in total. The molecule has 0 aromatic carbocycles. The summed E-state index contributed by atoms with van der Waals surface area (Å²) >= 11 is 1.77. The third-order valence-electron chi connectivity index (χ3n) is 2.83. The van der Waals surface area contributed by atoms with E-state index in [0.717, 1.165) is 30.9 Å². The van der Waals surface area contributed by atoms with Gasteiger partial charge in [0.05, 0.1) is 5.69 Å². The molecule has 0 atom stereocenters. The molecule has 1 aromatic heterocycles. The fourth-order valence-corrected chi connectivity index (χ4v) is 2.70. The minimum Gasteiger partial charge on any atom is -0.372 e. The maximum atomic E-state index is 5.50. The van der Waals surface area contributed by atoms with Crippen molar-refractivity contribution in [1.82, 2.24) is 10.3 Å². The van der Waals surface area contributed by atoms with Crippen molar-refractivity contribution in [2.75, 3.05) is 13.7 Å². The molecule has 1 rings (SSSR count). The van der Waals surface area contributed by atoms with Gasteiger partial charge in [-0.25, -0.2) is 4.98 Å². The SMILES string of the molecule is CCCc1nc(C(C)(C)OC)sc1CNCC. The zero-order valence-electron chi connectivity index (χ0n) is 11.6. The van der Waals surface area contributed by atoms with Crippen LogP contribution in [0, 0.1) is 0 Å². The van der Waals surface area contributed by atoms with Gasteiger partial charge in [-0.05, 0) is 26.8 Å². The van der Waals surface area contributed by atoms with Crippen LogP contribution in [0.5, 0.6) is 0 Å². The van der Waals surface area contributed by atoms with Gasteiger partial charge in [0.15, 0.2) is 0 Å². The molecule has 0 saturated heterocycles. The maximum absolute atomic E-state index is 5.50. The summed E-state index contributed by atoms with van der Waals surface area (Å²) in [5.74, 6) is 0. The van der Waals surface area contributed by atoms with Crippen LogP contribution in [0.25, 0.3) is 0 Å². The van der Waals surface area contributed by atoms with Crippen molar-refractivity contribution < 1.29 is 4.74 Å². The predicted molar refractivity (Wildman–Crippen MR) is 73.5 cm³/mol. The number of hydrogen-bond donors (Lipinski definition) is 1. The average molecular weight is 256 g/mol. The summed E-state index contributed by atoms with van der Waals surface area (Å²) in [5, 5.41) is 4.46. The van der Waals surface area contributed by atoms with Crippen LogP contribution in [0.15, 0.2) is 0 Å². The molecule has 0 fully saturated rings. The Hall–Kier alpha value is -0.450. The van der Waals surface area contributed by atoms with Crippen LogP contribution < -0.4 is 5.32 Å². The molecule has 0 bridgehead atoms. The van der Waals surface area contributed by atoms with Gasteiger partial charge in [-0.15, -0.1) is 11.3 Å². The summed E-state index contributed by atoms with van der Waals surface area (Å²) < 4.78 is 5.50. The Bertz CT molecular complexity index is 347. The second-order valence-electron chi connectivity index (χ2n) is 4.63. The van der Waals surface area contributed by atoms with Crippen LogP contribution in [0.3, 0.4) is 0 Å². The number of thiazole rings is 1. The molecule has 0 amide bonds. The largest absolute Gasteiger partial charge is 0.372 e. The summed E-state index contributed by atoms with van der Waals surface area (Å²) in [6.07, 6.45) is 2.19. The summed E-state index contributed by atoms with van der Waals surface area (Å²) in [7, 11) is 1.74. The van der Waals surface area contributed by atoms with Crippen molar-refractivity contribution in [2.24, 2.45) is 0 Å². The fourth-order valence-electron chi connectivity index (χ4n) is 1.54. The van der Waals surface area contributed by atoms with E-state index in [1.54, 1.807) is 18.4 Å². The Labute approximate surface area is 109 Å². The lowest BCUT2D eigenvalue weighted by molar-refractivity contribution is 0.0189. The van der Waals surface area contributed by atoms with Gasteiger partial charge in [-0.2, -0.15) is 0 Å². The zero-order chi connectivity index (χ0) is 12.9. The number of nitrogens with one attached hydrogen (secondary N) is 1. The summed E-state index contributed by atoms with van der Waals surface area (Å²) in [6.45, 7) is 10.4. The zero-order valence-corrected chi connectivity index (χ0v) is 12.4. The minimum atomic E-state index is -0.280. The van der Waals surface area contributed by atoms with E-state index in [4.69, 9.17) is 9.72 Å². The summed E-state index contributed by atoms with van der Waals surface area (Å²) in [4.78, 5) is 6.10. The smallest absolute Gasteiger partial charge is 0.125 e. The number of methoxy groups -OCH3 is 1.